The summed E-state index contributed by atoms with van der Waals surface area (Å²) in [5.74, 6) is -1.97. The van der Waals surface area contributed by atoms with Gasteiger partial charge in [-0.05, 0) is 0 Å². The van der Waals surface area contributed by atoms with Crippen LogP contribution >= 0.6 is 16.6 Å². The van der Waals surface area contributed by atoms with Crippen LogP contribution in [-0.4, -0.2) is 54.4 Å². The van der Waals surface area contributed by atoms with Crippen molar-refractivity contribution in [2.24, 2.45) is 15.2 Å². The first-order valence-corrected chi connectivity index (χ1v) is 10.3. The summed E-state index contributed by atoms with van der Waals surface area (Å²) in [6, 6.07) is 0. The Hall–Kier alpha value is -1.52. The van der Waals surface area contributed by atoms with Crippen LogP contribution in [-0.2, 0) is 23.9 Å². The maximum atomic E-state index is 12.5. The maximum absolute atomic E-state index is 12.5. The predicted molar refractivity (Wildman–Crippen MR) is 99.0 cm³/mol. The predicted octanol–water partition coefficient (Wildman–Crippen LogP) is 2.52. The molecule has 0 radical (unpaired) electrons. The molecule has 2 atom stereocenters. The molecule has 0 spiro atoms. The summed E-state index contributed by atoms with van der Waals surface area (Å²) in [6.45, 7) is 3.20. The summed E-state index contributed by atoms with van der Waals surface area (Å²) in [5, 5.41) is 8.59. The second-order valence-corrected chi connectivity index (χ2v) is 6.46. The van der Waals surface area contributed by atoms with E-state index in [9.17, 15) is 19.2 Å². The molecule has 8 nitrogen and oxygen atoms in total. The zero-order chi connectivity index (χ0) is 19.3. The van der Waals surface area contributed by atoms with Crippen LogP contribution < -0.4 is 0 Å². The molecule has 2 unspecified atom stereocenters. The number of hydrogen-bond donors (Lipinski definition) is 1. The molecule has 0 heterocycles. The van der Waals surface area contributed by atoms with E-state index in [-0.39, 0.29) is 35.8 Å². The van der Waals surface area contributed by atoms with E-state index in [0.29, 0.717) is 6.42 Å². The Bertz CT molecular complexity index is 587. The molecule has 1 N–H and O–H groups in total. The summed E-state index contributed by atoms with van der Waals surface area (Å²) >= 11 is 0. The summed E-state index contributed by atoms with van der Waals surface area (Å²) in [5.41, 5.74) is -1.68. The Morgan fingerprint density at radius 2 is 1.96 bits per heavy atom. The van der Waals surface area contributed by atoms with E-state index in [0.717, 1.165) is 6.42 Å². The monoisotopic (exact) mass is 389 g/mol. The fourth-order valence-corrected chi connectivity index (χ4v) is 2.44. The van der Waals surface area contributed by atoms with Gasteiger partial charge in [0.1, 0.15) is 0 Å². The van der Waals surface area contributed by atoms with E-state index in [1.54, 1.807) is 0 Å². The van der Waals surface area contributed by atoms with Gasteiger partial charge in [-0.3, -0.25) is 0 Å². The normalized spacial score (nSPS) is 13.5. The van der Waals surface area contributed by atoms with Crippen molar-refractivity contribution in [1.82, 2.24) is 0 Å². The number of carboxylic acid groups (broad SMARTS) is 1. The van der Waals surface area contributed by atoms with Crippen LogP contribution in [0.25, 0.3) is 0 Å². The molecule has 0 aromatic heterocycles. The summed E-state index contributed by atoms with van der Waals surface area (Å²) in [4.78, 5) is 51.0. The molecule has 0 aliphatic carbocycles. The zero-order valence-corrected chi connectivity index (χ0v) is 16.3. The van der Waals surface area contributed by atoms with Crippen molar-refractivity contribution in [2.75, 3.05) is 13.3 Å². The standard InChI is InChI=1S/C15H22N2O6P2/c1-4-5-8-15(14(22)17-25-3,13(21)16-10-24-2)9-23-12(20)7-6-11(18)19/h10,24H,3-9H2,1-2H3/p+1. The Kier molecular flexibility index (Phi) is 12.0. The van der Waals surface area contributed by atoms with E-state index in [1.165, 1.54) is 5.96 Å². The topological polar surface area (TPSA) is 122 Å². The molecule has 2 amide bonds. The molecule has 0 fully saturated rings. The quantitative estimate of drug-likeness (QED) is 0.251. The third-order valence-electron chi connectivity index (χ3n) is 3.27. The fraction of sp³-hybridized carbons (Fsp3) is 0.600. The van der Waals surface area contributed by atoms with Crippen molar-refractivity contribution in [2.45, 2.75) is 39.0 Å². The van der Waals surface area contributed by atoms with Crippen LogP contribution in [0.4, 0.5) is 0 Å². The molecule has 25 heavy (non-hydrogen) atoms. The van der Waals surface area contributed by atoms with Gasteiger partial charge in [0.15, 0.2) is 0 Å². The molecule has 0 saturated heterocycles. The number of carbonyl (C=O) groups excluding carboxylic acids is 3. The first-order valence-electron chi connectivity index (χ1n) is 7.66. The van der Waals surface area contributed by atoms with Gasteiger partial charge in [-0.1, -0.05) is 0 Å². The number of hydrogen-bond acceptors (Lipinski definition) is 5. The van der Waals surface area contributed by atoms with Crippen LogP contribution in [0.5, 0.6) is 0 Å². The molecule has 0 aliphatic rings. The van der Waals surface area contributed by atoms with Gasteiger partial charge in [0.05, 0.1) is 0 Å². The van der Waals surface area contributed by atoms with Gasteiger partial charge in [-0.2, -0.15) is 0 Å². The van der Waals surface area contributed by atoms with Gasteiger partial charge in [-0.15, -0.1) is 0 Å². The van der Waals surface area contributed by atoms with Crippen molar-refractivity contribution in [3.63, 3.8) is 0 Å². The molecular formula is C15H23N2O6P2+. The van der Waals surface area contributed by atoms with Crippen molar-refractivity contribution < 1.29 is 29.0 Å². The minimum absolute atomic E-state index is 0.135. The molecule has 0 aliphatic heterocycles. The van der Waals surface area contributed by atoms with Crippen LogP contribution in [0, 0.1) is 5.41 Å². The number of aliphatic imine (C=N–C) groups is 1. The second-order valence-electron chi connectivity index (χ2n) is 5.14. The number of ether oxygens (including phenoxy) is 1. The second kappa shape index (κ2) is 12.8. The number of unbranched alkanes of at least 4 members (excludes halogenated alkanes) is 1. The van der Waals surface area contributed by atoms with E-state index in [2.05, 4.69) is 16.0 Å². The number of nitrogens with zero attached hydrogens (tertiary/aromatic N) is 2. The van der Waals surface area contributed by atoms with Gasteiger partial charge in [0.2, 0.25) is 0 Å². The number of rotatable bonds is 11. The van der Waals surface area contributed by atoms with Crippen molar-refractivity contribution in [1.29, 1.82) is 0 Å². The number of esters is 1. The number of carboxylic acids is 1. The van der Waals surface area contributed by atoms with Gasteiger partial charge < -0.3 is 0 Å². The van der Waals surface area contributed by atoms with Crippen LogP contribution in [0.2, 0.25) is 0 Å². The molecule has 0 bridgehead atoms. The SMILES string of the molecule is C=[P+]=NC(=O)C(CCCC)(COC(=O)CCC(=O)O)C(=O)N=CPC. The summed E-state index contributed by atoms with van der Waals surface area (Å²) < 4.78 is 8.70. The van der Waals surface area contributed by atoms with Gasteiger partial charge in [0.25, 0.3) is 0 Å². The summed E-state index contributed by atoms with van der Waals surface area (Å²) in [6.07, 6.45) is 4.11. The molecule has 0 aromatic carbocycles. The van der Waals surface area contributed by atoms with Crippen molar-refractivity contribution >= 4 is 52.6 Å². The van der Waals surface area contributed by atoms with Crippen LogP contribution in [0.15, 0.2) is 9.74 Å². The third kappa shape index (κ3) is 8.41. The molecule has 10 heteroatoms. The minimum atomic E-state index is -1.68. The third-order valence-corrected chi connectivity index (χ3v) is 3.98. The number of carbonyl (C=O) groups is 4. The first-order chi connectivity index (χ1) is 11.8. The molecular weight excluding hydrogens is 366 g/mol. The fourth-order valence-electron chi connectivity index (χ4n) is 1.87. The van der Waals surface area contributed by atoms with Gasteiger partial charge in [0, 0.05) is 0 Å². The number of amides is 2. The Morgan fingerprint density at radius 1 is 1.28 bits per heavy atom. The van der Waals surface area contributed by atoms with Crippen LogP contribution in [0.1, 0.15) is 39.0 Å². The Balaban J connectivity index is 5.50. The average molecular weight is 389 g/mol. The first kappa shape index (κ1) is 23.5. The average Bonchev–Trinajstić information content (AvgIpc) is 2.58. The number of aliphatic carboxylic acids is 1. The van der Waals surface area contributed by atoms with E-state index >= 15 is 0 Å². The van der Waals surface area contributed by atoms with E-state index < -0.39 is 35.8 Å². The Labute approximate surface area is 149 Å². The van der Waals surface area contributed by atoms with Crippen molar-refractivity contribution in [3.8, 4) is 0 Å². The molecule has 0 aromatic rings. The van der Waals surface area contributed by atoms with Crippen molar-refractivity contribution in [3.05, 3.63) is 0 Å². The molecule has 138 valence electrons. The van der Waals surface area contributed by atoms with Gasteiger partial charge in [-0.25, -0.2) is 0 Å². The van der Waals surface area contributed by atoms with E-state index in [1.807, 2.05) is 13.6 Å². The zero-order valence-electron chi connectivity index (χ0n) is 14.4. The Morgan fingerprint density at radius 3 is 2.48 bits per heavy atom. The van der Waals surface area contributed by atoms with E-state index in [4.69, 9.17) is 9.84 Å². The van der Waals surface area contributed by atoms with Gasteiger partial charge >= 0.3 is 149 Å². The molecule has 0 rings (SSSR count). The molecule has 0 saturated carbocycles. The summed E-state index contributed by atoms with van der Waals surface area (Å²) in [7, 11) is 0.468. The van der Waals surface area contributed by atoms with Crippen LogP contribution in [0.3, 0.4) is 0 Å².